The molecule has 2 rings (SSSR count). The van der Waals surface area contributed by atoms with Crippen molar-refractivity contribution in [2.24, 2.45) is 5.41 Å². The van der Waals surface area contributed by atoms with Crippen molar-refractivity contribution < 1.29 is 9.21 Å². The fourth-order valence-electron chi connectivity index (χ4n) is 1.32. The maximum atomic E-state index is 11.8. The van der Waals surface area contributed by atoms with E-state index in [0.29, 0.717) is 21.9 Å². The molecule has 0 saturated heterocycles. The number of nitrogens with zero attached hydrogens (tertiary/aromatic N) is 2. The van der Waals surface area contributed by atoms with Crippen LogP contribution >= 0.6 is 23.4 Å². The Balaban J connectivity index is 2.03. The number of ketones is 1. The Morgan fingerprint density at radius 2 is 1.90 bits per heavy atom. The second-order valence-corrected chi connectivity index (χ2v) is 6.70. The Morgan fingerprint density at radius 1 is 1.25 bits per heavy atom. The first kappa shape index (κ1) is 15.1. The van der Waals surface area contributed by atoms with Crippen LogP contribution in [0.3, 0.4) is 0 Å². The lowest BCUT2D eigenvalue weighted by Gasteiger charge is -2.14. The van der Waals surface area contributed by atoms with Crippen LogP contribution in [0.2, 0.25) is 5.02 Å². The normalized spacial score (nSPS) is 11.6. The van der Waals surface area contributed by atoms with Crippen molar-refractivity contribution in [2.75, 3.05) is 5.75 Å². The lowest BCUT2D eigenvalue weighted by molar-refractivity contribution is -0.123. The Morgan fingerprint density at radius 3 is 2.50 bits per heavy atom. The highest BCUT2D eigenvalue weighted by atomic mass is 35.5. The highest BCUT2D eigenvalue weighted by molar-refractivity contribution is 7.99. The Bertz CT molecular complexity index is 602. The molecular weight excluding hydrogens is 296 g/mol. The summed E-state index contributed by atoms with van der Waals surface area (Å²) in [5, 5.41) is 8.94. The van der Waals surface area contributed by atoms with Crippen LogP contribution in [0.4, 0.5) is 0 Å². The molecule has 6 heteroatoms. The molecule has 0 bridgehead atoms. The molecule has 0 spiro atoms. The fourth-order valence-corrected chi connectivity index (χ4v) is 2.37. The second-order valence-electron chi connectivity index (χ2n) is 5.34. The number of Topliss-reactive ketones (excluding diaryl/α,β-unsaturated/α-hetero) is 1. The Kier molecular flexibility index (Phi) is 4.50. The van der Waals surface area contributed by atoms with Gasteiger partial charge in [-0.2, -0.15) is 0 Å². The van der Waals surface area contributed by atoms with Gasteiger partial charge in [0.15, 0.2) is 0 Å². The van der Waals surface area contributed by atoms with Crippen LogP contribution < -0.4 is 0 Å². The van der Waals surface area contributed by atoms with Crippen LogP contribution in [0.1, 0.15) is 20.8 Å². The van der Waals surface area contributed by atoms with Crippen molar-refractivity contribution in [3.05, 3.63) is 29.3 Å². The van der Waals surface area contributed by atoms with Gasteiger partial charge in [0.25, 0.3) is 5.22 Å². The maximum Gasteiger partial charge on any atom is 0.277 e. The van der Waals surface area contributed by atoms with E-state index in [4.69, 9.17) is 16.0 Å². The average molecular weight is 311 g/mol. The van der Waals surface area contributed by atoms with Gasteiger partial charge < -0.3 is 4.42 Å². The summed E-state index contributed by atoms with van der Waals surface area (Å²) in [6.07, 6.45) is 0. The zero-order chi connectivity index (χ0) is 14.8. The number of aromatic nitrogens is 2. The summed E-state index contributed by atoms with van der Waals surface area (Å²) in [7, 11) is 0. The third-order valence-corrected chi connectivity index (χ3v) is 3.73. The molecule has 0 saturated carbocycles. The molecule has 0 aliphatic carbocycles. The molecule has 20 heavy (non-hydrogen) atoms. The summed E-state index contributed by atoms with van der Waals surface area (Å²) in [6.45, 7) is 5.68. The second kappa shape index (κ2) is 5.97. The summed E-state index contributed by atoms with van der Waals surface area (Å²) in [4.78, 5) is 11.8. The van der Waals surface area contributed by atoms with Gasteiger partial charge in [0.1, 0.15) is 5.78 Å². The summed E-state index contributed by atoms with van der Waals surface area (Å²) >= 11 is 7.08. The minimum absolute atomic E-state index is 0.147. The minimum atomic E-state index is -0.355. The number of thioether (sulfide) groups is 1. The topological polar surface area (TPSA) is 56.0 Å². The van der Waals surface area contributed by atoms with Crippen LogP contribution in [0.25, 0.3) is 11.5 Å². The summed E-state index contributed by atoms with van der Waals surface area (Å²) in [6, 6.07) is 7.14. The molecule has 1 aromatic heterocycles. The van der Waals surface area contributed by atoms with E-state index in [1.165, 1.54) is 11.8 Å². The molecule has 0 radical (unpaired) electrons. The van der Waals surface area contributed by atoms with Crippen LogP contribution in [-0.4, -0.2) is 21.7 Å². The van der Waals surface area contributed by atoms with E-state index < -0.39 is 0 Å². The van der Waals surface area contributed by atoms with Gasteiger partial charge in [0.05, 0.1) is 5.75 Å². The van der Waals surface area contributed by atoms with Gasteiger partial charge in [0.2, 0.25) is 5.89 Å². The van der Waals surface area contributed by atoms with E-state index in [9.17, 15) is 4.79 Å². The molecule has 0 aliphatic heterocycles. The molecule has 106 valence electrons. The van der Waals surface area contributed by atoms with Crippen molar-refractivity contribution in [3.8, 4) is 11.5 Å². The molecule has 0 fully saturated rings. The van der Waals surface area contributed by atoms with Gasteiger partial charge in [-0.1, -0.05) is 44.1 Å². The summed E-state index contributed by atoms with van der Waals surface area (Å²) in [5.74, 6) is 0.896. The quantitative estimate of drug-likeness (QED) is 0.796. The van der Waals surface area contributed by atoms with Crippen LogP contribution in [-0.2, 0) is 4.79 Å². The molecule has 4 nitrogen and oxygen atoms in total. The Labute approximate surface area is 126 Å². The van der Waals surface area contributed by atoms with Gasteiger partial charge in [-0.05, 0) is 24.3 Å². The molecule has 1 aromatic carbocycles. The zero-order valence-electron chi connectivity index (χ0n) is 11.5. The van der Waals surface area contributed by atoms with Gasteiger partial charge in [-0.3, -0.25) is 4.79 Å². The molecule has 1 heterocycles. The van der Waals surface area contributed by atoms with Gasteiger partial charge in [0, 0.05) is 16.0 Å². The van der Waals surface area contributed by atoms with E-state index in [2.05, 4.69) is 10.2 Å². The lowest BCUT2D eigenvalue weighted by atomic mass is 9.92. The highest BCUT2D eigenvalue weighted by Gasteiger charge is 2.22. The first-order chi connectivity index (χ1) is 9.36. The highest BCUT2D eigenvalue weighted by Crippen LogP contribution is 2.26. The van der Waals surface area contributed by atoms with Crippen LogP contribution in [0, 0.1) is 5.41 Å². The summed E-state index contributed by atoms with van der Waals surface area (Å²) < 4.78 is 5.52. The standard InChI is InChI=1S/C14H15ClN2O2S/c1-14(2,3)11(18)8-20-13-17-16-12(19-13)9-4-6-10(15)7-5-9/h4-7H,8H2,1-3H3. The van der Waals surface area contributed by atoms with Gasteiger partial charge in [-0.25, -0.2) is 0 Å². The van der Waals surface area contributed by atoms with Crippen LogP contribution in [0.5, 0.6) is 0 Å². The van der Waals surface area contributed by atoms with E-state index >= 15 is 0 Å². The smallest absolute Gasteiger partial charge is 0.277 e. The van der Waals surface area contributed by atoms with Crippen molar-refractivity contribution in [2.45, 2.75) is 26.0 Å². The first-order valence-electron chi connectivity index (χ1n) is 6.12. The average Bonchev–Trinajstić information content (AvgIpc) is 2.84. The molecule has 0 unspecified atom stereocenters. The number of hydrogen-bond donors (Lipinski definition) is 0. The van der Waals surface area contributed by atoms with E-state index in [-0.39, 0.29) is 11.2 Å². The molecular formula is C14H15ClN2O2S. The maximum absolute atomic E-state index is 11.8. The monoisotopic (exact) mass is 310 g/mol. The molecule has 0 amide bonds. The number of carbonyl (C=O) groups is 1. The van der Waals surface area contributed by atoms with Crippen molar-refractivity contribution in [1.82, 2.24) is 10.2 Å². The zero-order valence-corrected chi connectivity index (χ0v) is 13.1. The largest absolute Gasteiger partial charge is 0.411 e. The lowest BCUT2D eigenvalue weighted by Crippen LogP contribution is -2.21. The van der Waals surface area contributed by atoms with Crippen molar-refractivity contribution >= 4 is 29.1 Å². The number of halogens is 1. The van der Waals surface area contributed by atoms with Gasteiger partial charge >= 0.3 is 0 Å². The minimum Gasteiger partial charge on any atom is -0.411 e. The molecule has 0 aliphatic rings. The van der Waals surface area contributed by atoms with Crippen LogP contribution in [0.15, 0.2) is 33.9 Å². The third kappa shape index (κ3) is 3.84. The molecule has 0 atom stereocenters. The number of carbonyl (C=O) groups excluding carboxylic acids is 1. The number of benzene rings is 1. The van der Waals surface area contributed by atoms with Crippen molar-refractivity contribution in [3.63, 3.8) is 0 Å². The van der Waals surface area contributed by atoms with Crippen molar-refractivity contribution in [1.29, 1.82) is 0 Å². The number of hydrogen-bond acceptors (Lipinski definition) is 5. The van der Waals surface area contributed by atoms with E-state index in [1.807, 2.05) is 32.9 Å². The van der Waals surface area contributed by atoms with E-state index in [1.54, 1.807) is 12.1 Å². The molecule has 2 aromatic rings. The predicted octanol–water partition coefficient (Wildman–Crippen LogP) is 4.10. The summed E-state index contributed by atoms with van der Waals surface area (Å²) in [5.41, 5.74) is 0.447. The van der Waals surface area contributed by atoms with E-state index in [0.717, 1.165) is 5.56 Å². The SMILES string of the molecule is CC(C)(C)C(=O)CSc1nnc(-c2ccc(Cl)cc2)o1. The first-order valence-corrected chi connectivity index (χ1v) is 7.48. The molecule has 0 N–H and O–H groups in total. The Hall–Kier alpha value is -1.33. The number of rotatable bonds is 4. The third-order valence-electron chi connectivity index (χ3n) is 2.66. The predicted molar refractivity (Wildman–Crippen MR) is 79.9 cm³/mol. The van der Waals surface area contributed by atoms with Gasteiger partial charge in [-0.15, -0.1) is 10.2 Å². The fraction of sp³-hybridized carbons (Fsp3) is 0.357.